The zero-order chi connectivity index (χ0) is 21.3. The fourth-order valence-corrected chi connectivity index (χ4v) is 4.17. The number of nitrogens with zero attached hydrogens (tertiary/aromatic N) is 3. The van der Waals surface area contributed by atoms with E-state index in [9.17, 15) is 9.59 Å². The van der Waals surface area contributed by atoms with Crippen LogP contribution in [-0.4, -0.2) is 72.5 Å². The number of benzene rings is 1. The van der Waals surface area contributed by atoms with Crippen LogP contribution < -0.4 is 5.32 Å². The maximum atomic E-state index is 12.9. The largest absolute Gasteiger partial charge is 0.379 e. The first-order chi connectivity index (χ1) is 14.5. The van der Waals surface area contributed by atoms with Crippen molar-refractivity contribution in [3.8, 4) is 0 Å². The number of hydrogen-bond donors (Lipinski definition) is 1. The summed E-state index contributed by atoms with van der Waals surface area (Å²) in [4.78, 5) is 35.0. The number of morpholine rings is 1. The third-order valence-corrected chi connectivity index (χ3v) is 6.15. The lowest BCUT2D eigenvalue weighted by Crippen LogP contribution is -2.42. The first kappa shape index (κ1) is 22.4. The van der Waals surface area contributed by atoms with E-state index in [0.717, 1.165) is 55.4 Å². The molecule has 1 saturated heterocycles. The molecule has 1 aliphatic heterocycles. The molecule has 0 spiro atoms. The molecule has 3 rings (SSSR count). The standard InChI is InChI=1S/C22H30N4O3S/c1-17-18(2)30-22(23-17)24-20(27)16-26(10-6-9-25-11-13-29-14-12-25)21(28)15-19-7-4-3-5-8-19/h3-5,7-8H,6,9-16H2,1-2H3,(H,23,24,27). The SMILES string of the molecule is Cc1nc(NC(=O)CN(CCCN2CCOCC2)C(=O)Cc2ccccc2)sc1C. The van der Waals surface area contributed by atoms with E-state index in [4.69, 9.17) is 4.74 Å². The van der Waals surface area contributed by atoms with Gasteiger partial charge in [-0.15, -0.1) is 11.3 Å². The smallest absolute Gasteiger partial charge is 0.245 e. The van der Waals surface area contributed by atoms with Gasteiger partial charge < -0.3 is 15.0 Å². The number of amides is 2. The molecule has 1 fully saturated rings. The Kier molecular flexibility index (Phi) is 8.36. The lowest BCUT2D eigenvalue weighted by Gasteiger charge is -2.28. The number of anilines is 1. The highest BCUT2D eigenvalue weighted by Gasteiger charge is 2.19. The van der Waals surface area contributed by atoms with Crippen molar-refractivity contribution in [3.63, 3.8) is 0 Å². The van der Waals surface area contributed by atoms with E-state index in [-0.39, 0.29) is 18.4 Å². The molecule has 2 heterocycles. The molecule has 7 nitrogen and oxygen atoms in total. The highest BCUT2D eigenvalue weighted by molar-refractivity contribution is 7.15. The summed E-state index contributed by atoms with van der Waals surface area (Å²) in [5, 5.41) is 3.42. The van der Waals surface area contributed by atoms with Crippen molar-refractivity contribution in [1.82, 2.24) is 14.8 Å². The van der Waals surface area contributed by atoms with E-state index in [1.165, 1.54) is 11.3 Å². The molecule has 1 aromatic heterocycles. The minimum Gasteiger partial charge on any atom is -0.379 e. The van der Waals surface area contributed by atoms with Gasteiger partial charge in [-0.05, 0) is 25.8 Å². The van der Waals surface area contributed by atoms with Crippen LogP contribution in [0.4, 0.5) is 5.13 Å². The van der Waals surface area contributed by atoms with Gasteiger partial charge in [0.1, 0.15) is 0 Å². The third-order valence-electron chi connectivity index (χ3n) is 5.17. The van der Waals surface area contributed by atoms with E-state index < -0.39 is 0 Å². The molecule has 1 aliphatic rings. The molecular formula is C22H30N4O3S. The summed E-state index contributed by atoms with van der Waals surface area (Å²) in [6.45, 7) is 8.72. The molecule has 0 atom stereocenters. The number of nitrogens with one attached hydrogen (secondary N) is 1. The Bertz CT molecular complexity index is 815. The summed E-state index contributed by atoms with van der Waals surface area (Å²) < 4.78 is 5.39. The van der Waals surface area contributed by atoms with Gasteiger partial charge in [0.05, 0.1) is 31.9 Å². The number of rotatable bonds is 9. The predicted octanol–water partition coefficient (Wildman–Crippen LogP) is 2.49. The van der Waals surface area contributed by atoms with Crippen LogP contribution in [0.5, 0.6) is 0 Å². The Morgan fingerprint density at radius 1 is 1.20 bits per heavy atom. The first-order valence-electron chi connectivity index (χ1n) is 10.4. The van der Waals surface area contributed by atoms with Crippen molar-refractivity contribution in [2.24, 2.45) is 0 Å². The van der Waals surface area contributed by atoms with Gasteiger partial charge in [0.15, 0.2) is 5.13 Å². The summed E-state index contributed by atoms with van der Waals surface area (Å²) in [5.74, 6) is -0.249. The van der Waals surface area contributed by atoms with E-state index >= 15 is 0 Å². The molecule has 0 saturated carbocycles. The third kappa shape index (κ3) is 6.90. The van der Waals surface area contributed by atoms with Crippen LogP contribution in [0, 0.1) is 13.8 Å². The molecule has 2 aromatic rings. The number of carbonyl (C=O) groups is 2. The molecule has 8 heteroatoms. The van der Waals surface area contributed by atoms with Crippen LogP contribution in [0.25, 0.3) is 0 Å². The first-order valence-corrected chi connectivity index (χ1v) is 11.2. The maximum Gasteiger partial charge on any atom is 0.245 e. The Morgan fingerprint density at radius 3 is 2.60 bits per heavy atom. The molecule has 0 radical (unpaired) electrons. The highest BCUT2D eigenvalue weighted by atomic mass is 32.1. The zero-order valence-corrected chi connectivity index (χ0v) is 18.5. The average molecular weight is 431 g/mol. The van der Waals surface area contributed by atoms with Gasteiger partial charge in [-0.3, -0.25) is 14.5 Å². The lowest BCUT2D eigenvalue weighted by atomic mass is 10.1. The molecule has 2 amide bonds. The fraction of sp³-hybridized carbons (Fsp3) is 0.500. The average Bonchev–Trinajstić information content (AvgIpc) is 3.05. The second kappa shape index (κ2) is 11.2. The van der Waals surface area contributed by atoms with Crippen molar-refractivity contribution in [2.45, 2.75) is 26.7 Å². The van der Waals surface area contributed by atoms with Gasteiger partial charge in [0.25, 0.3) is 0 Å². The zero-order valence-electron chi connectivity index (χ0n) is 17.7. The number of hydrogen-bond acceptors (Lipinski definition) is 6. The minimum absolute atomic E-state index is 0.0342. The van der Waals surface area contributed by atoms with Crippen LogP contribution in [0.1, 0.15) is 22.6 Å². The van der Waals surface area contributed by atoms with Gasteiger partial charge >= 0.3 is 0 Å². The normalized spacial score (nSPS) is 14.5. The minimum atomic E-state index is -0.212. The van der Waals surface area contributed by atoms with Gasteiger partial charge in [0, 0.05) is 31.1 Å². The number of carbonyl (C=O) groups excluding carboxylic acids is 2. The van der Waals surface area contributed by atoms with Crippen molar-refractivity contribution in [3.05, 3.63) is 46.5 Å². The second-order valence-corrected chi connectivity index (χ2v) is 8.70. The summed E-state index contributed by atoms with van der Waals surface area (Å²) in [6.07, 6.45) is 1.12. The molecule has 1 N–H and O–H groups in total. The number of ether oxygens (including phenoxy) is 1. The van der Waals surface area contributed by atoms with E-state index in [1.54, 1.807) is 4.90 Å². The Morgan fingerprint density at radius 2 is 1.93 bits per heavy atom. The Balaban J connectivity index is 1.58. The quantitative estimate of drug-likeness (QED) is 0.662. The van der Waals surface area contributed by atoms with Gasteiger partial charge in [-0.2, -0.15) is 0 Å². The van der Waals surface area contributed by atoms with Crippen LogP contribution >= 0.6 is 11.3 Å². The maximum absolute atomic E-state index is 12.9. The highest BCUT2D eigenvalue weighted by Crippen LogP contribution is 2.21. The second-order valence-electron chi connectivity index (χ2n) is 7.49. The van der Waals surface area contributed by atoms with Crippen LogP contribution in [0.3, 0.4) is 0 Å². The number of thiazole rings is 1. The summed E-state index contributed by atoms with van der Waals surface area (Å²) in [7, 11) is 0. The van der Waals surface area contributed by atoms with Crippen LogP contribution in [0.2, 0.25) is 0 Å². The number of aryl methyl sites for hydroxylation is 2. The summed E-state index contributed by atoms with van der Waals surface area (Å²) in [6, 6.07) is 9.64. The van der Waals surface area contributed by atoms with E-state index in [1.807, 2.05) is 44.2 Å². The topological polar surface area (TPSA) is 74.8 Å². The molecule has 30 heavy (non-hydrogen) atoms. The van der Waals surface area contributed by atoms with Crippen LogP contribution in [-0.2, 0) is 20.7 Å². The predicted molar refractivity (Wildman–Crippen MR) is 119 cm³/mol. The Hall–Kier alpha value is -2.29. The monoisotopic (exact) mass is 430 g/mol. The summed E-state index contributed by atoms with van der Waals surface area (Å²) in [5.41, 5.74) is 1.87. The van der Waals surface area contributed by atoms with Crippen LogP contribution in [0.15, 0.2) is 30.3 Å². The number of aromatic nitrogens is 1. The Labute approximate surface area is 182 Å². The molecule has 0 bridgehead atoms. The van der Waals surface area contributed by atoms with E-state index in [2.05, 4.69) is 15.2 Å². The van der Waals surface area contributed by atoms with Crippen molar-refractivity contribution in [2.75, 3.05) is 51.3 Å². The fourth-order valence-electron chi connectivity index (χ4n) is 3.34. The molecule has 162 valence electrons. The van der Waals surface area contributed by atoms with Crippen molar-refractivity contribution >= 4 is 28.3 Å². The van der Waals surface area contributed by atoms with Gasteiger partial charge in [0.2, 0.25) is 11.8 Å². The summed E-state index contributed by atoms with van der Waals surface area (Å²) >= 11 is 1.45. The molecular weight excluding hydrogens is 400 g/mol. The van der Waals surface area contributed by atoms with Gasteiger partial charge in [-0.1, -0.05) is 30.3 Å². The molecule has 1 aromatic carbocycles. The molecule has 0 unspecified atom stereocenters. The molecule has 0 aliphatic carbocycles. The lowest BCUT2D eigenvalue weighted by molar-refractivity contribution is -0.134. The van der Waals surface area contributed by atoms with Gasteiger partial charge in [-0.25, -0.2) is 4.98 Å². The van der Waals surface area contributed by atoms with E-state index in [0.29, 0.717) is 18.1 Å². The van der Waals surface area contributed by atoms with Crippen molar-refractivity contribution < 1.29 is 14.3 Å². The van der Waals surface area contributed by atoms with Crippen molar-refractivity contribution in [1.29, 1.82) is 0 Å².